The fourth-order valence-corrected chi connectivity index (χ4v) is 5.17. The van der Waals surface area contributed by atoms with Gasteiger partial charge in [0.25, 0.3) is 5.91 Å². The van der Waals surface area contributed by atoms with Crippen LogP contribution < -0.4 is 16.0 Å². The molecule has 7 nitrogen and oxygen atoms in total. The van der Waals surface area contributed by atoms with Gasteiger partial charge in [0.05, 0.1) is 28.8 Å². The zero-order valence-electron chi connectivity index (χ0n) is 23.6. The summed E-state index contributed by atoms with van der Waals surface area (Å²) in [6.07, 6.45) is 4.01. The molecule has 3 N–H and O–H groups in total. The van der Waals surface area contributed by atoms with Gasteiger partial charge in [-0.1, -0.05) is 53.5 Å². The van der Waals surface area contributed by atoms with Crippen LogP contribution in [0.3, 0.4) is 0 Å². The Labute approximate surface area is 256 Å². The highest BCUT2D eigenvalue weighted by molar-refractivity contribution is 6.33. The molecule has 1 aliphatic rings. The highest BCUT2D eigenvalue weighted by Gasteiger charge is 2.23. The molecule has 1 aliphatic heterocycles. The molecule has 0 bridgehead atoms. The summed E-state index contributed by atoms with van der Waals surface area (Å²) < 4.78 is 6.33. The van der Waals surface area contributed by atoms with Gasteiger partial charge < -0.3 is 20.7 Å². The van der Waals surface area contributed by atoms with Gasteiger partial charge in [-0.15, -0.1) is 0 Å². The van der Waals surface area contributed by atoms with E-state index in [4.69, 9.17) is 33.2 Å². The van der Waals surface area contributed by atoms with Crippen molar-refractivity contribution >= 4 is 35.0 Å². The van der Waals surface area contributed by atoms with E-state index >= 15 is 0 Å². The number of nitrogens with one attached hydrogen (secondary N) is 3. The molecule has 3 aromatic rings. The fraction of sp³-hybridized carbons (Fsp3) is 0.303. The Morgan fingerprint density at radius 2 is 1.81 bits per heavy atom. The van der Waals surface area contributed by atoms with E-state index in [1.54, 1.807) is 31.3 Å². The molecule has 218 valence electrons. The maximum Gasteiger partial charge on any atom is 0.253 e. The minimum absolute atomic E-state index is 0.0981. The first-order valence-electron chi connectivity index (χ1n) is 13.9. The van der Waals surface area contributed by atoms with Gasteiger partial charge in [0, 0.05) is 30.6 Å². The second-order valence-electron chi connectivity index (χ2n) is 10.3. The number of amides is 2. The number of benzene rings is 3. The third-order valence-electron chi connectivity index (χ3n) is 7.26. The van der Waals surface area contributed by atoms with Gasteiger partial charge in [0.1, 0.15) is 11.9 Å². The largest absolute Gasteiger partial charge is 0.489 e. The van der Waals surface area contributed by atoms with Crippen molar-refractivity contribution in [2.45, 2.75) is 50.8 Å². The number of carbonyl (C=O) groups excluding carboxylic acids is 2. The summed E-state index contributed by atoms with van der Waals surface area (Å²) in [4.78, 5) is 25.6. The third kappa shape index (κ3) is 8.59. The number of nitrogens with zero attached hydrogens (tertiary/aromatic N) is 1. The highest BCUT2D eigenvalue weighted by atomic mass is 35.5. The molecule has 3 aromatic carbocycles. The standard InChI is InChI=1S/C33H34Cl2N4O3/c1-21(24-10-13-26(34)14-11-24)38-20-28-4-3-5-31(42-28)25-12-15-30(35)29(17-25)33(41)39-27(18-32(40)37-2)16-22-6-8-23(19-36)9-7-22/h4,6-15,17,21,27,31,38H,3,5,16,18,20H2,1-2H3,(H,37,40)(H,39,41)/t21?,27-,31?/m1/s1. The summed E-state index contributed by atoms with van der Waals surface area (Å²) in [6, 6.07) is 22.0. The minimum atomic E-state index is -0.473. The Morgan fingerprint density at radius 1 is 1.07 bits per heavy atom. The minimum Gasteiger partial charge on any atom is -0.489 e. The maximum atomic E-state index is 13.4. The average Bonchev–Trinajstić information content (AvgIpc) is 3.00. The Morgan fingerprint density at radius 3 is 2.50 bits per heavy atom. The highest BCUT2D eigenvalue weighted by Crippen LogP contribution is 2.32. The predicted octanol–water partition coefficient (Wildman–Crippen LogP) is 6.43. The SMILES string of the molecule is CNC(=O)C[C@@H](Cc1ccc(C#N)cc1)NC(=O)c1cc(C2CCC=C(CNC(C)c3ccc(Cl)cc3)O2)ccc1Cl. The van der Waals surface area contributed by atoms with Crippen LogP contribution in [0.1, 0.15) is 70.9 Å². The van der Waals surface area contributed by atoms with Crippen molar-refractivity contribution in [2.24, 2.45) is 0 Å². The van der Waals surface area contributed by atoms with E-state index in [-0.39, 0.29) is 30.4 Å². The van der Waals surface area contributed by atoms with Crippen molar-refractivity contribution in [3.05, 3.63) is 116 Å². The van der Waals surface area contributed by atoms with Crippen molar-refractivity contribution < 1.29 is 14.3 Å². The van der Waals surface area contributed by atoms with Crippen LogP contribution in [0.2, 0.25) is 10.0 Å². The summed E-state index contributed by atoms with van der Waals surface area (Å²) >= 11 is 12.5. The number of nitriles is 1. The normalized spacial score (nSPS) is 15.9. The van der Waals surface area contributed by atoms with Crippen LogP contribution in [0.5, 0.6) is 0 Å². The number of hydrogen-bond acceptors (Lipinski definition) is 5. The van der Waals surface area contributed by atoms with Gasteiger partial charge in [-0.2, -0.15) is 5.26 Å². The van der Waals surface area contributed by atoms with Crippen LogP contribution in [0, 0.1) is 11.3 Å². The number of allylic oxidation sites excluding steroid dienone is 1. The van der Waals surface area contributed by atoms with Gasteiger partial charge in [-0.25, -0.2) is 0 Å². The second-order valence-corrected chi connectivity index (χ2v) is 11.2. The zero-order chi connectivity index (χ0) is 30.1. The number of hydrogen-bond donors (Lipinski definition) is 3. The lowest BCUT2D eigenvalue weighted by atomic mass is 9.98. The van der Waals surface area contributed by atoms with Crippen molar-refractivity contribution in [3.63, 3.8) is 0 Å². The smallest absolute Gasteiger partial charge is 0.253 e. The van der Waals surface area contributed by atoms with Crippen molar-refractivity contribution in [2.75, 3.05) is 13.6 Å². The number of halogens is 2. The average molecular weight is 606 g/mol. The second kappa shape index (κ2) is 14.9. The first-order valence-corrected chi connectivity index (χ1v) is 14.7. The first-order chi connectivity index (χ1) is 20.2. The lowest BCUT2D eigenvalue weighted by Gasteiger charge is -2.27. The van der Waals surface area contributed by atoms with Crippen LogP contribution >= 0.6 is 23.2 Å². The summed E-state index contributed by atoms with van der Waals surface area (Å²) in [7, 11) is 1.56. The Kier molecular flexibility index (Phi) is 11.0. The van der Waals surface area contributed by atoms with Crippen LogP contribution in [0.15, 0.2) is 78.6 Å². The fourth-order valence-electron chi connectivity index (χ4n) is 4.84. The van der Waals surface area contributed by atoms with Crippen molar-refractivity contribution in [3.8, 4) is 6.07 Å². The Bertz CT molecular complexity index is 1470. The molecule has 4 rings (SSSR count). The van der Waals surface area contributed by atoms with Crippen molar-refractivity contribution in [1.82, 2.24) is 16.0 Å². The lowest BCUT2D eigenvalue weighted by molar-refractivity contribution is -0.121. The molecule has 0 spiro atoms. The first kappa shape index (κ1) is 31.1. The number of ether oxygens (including phenoxy) is 1. The quantitative estimate of drug-likeness (QED) is 0.234. The van der Waals surface area contributed by atoms with Gasteiger partial charge in [-0.05, 0) is 85.4 Å². The molecule has 0 saturated carbocycles. The van der Waals surface area contributed by atoms with Crippen LogP contribution in [0.25, 0.3) is 0 Å². The topological polar surface area (TPSA) is 103 Å². The van der Waals surface area contributed by atoms with Gasteiger partial charge in [-0.3, -0.25) is 9.59 Å². The number of carbonyl (C=O) groups is 2. The molecule has 0 saturated heterocycles. The van der Waals surface area contributed by atoms with E-state index in [1.807, 2.05) is 42.5 Å². The summed E-state index contributed by atoms with van der Waals surface area (Å²) in [5, 5.41) is 19.2. The van der Waals surface area contributed by atoms with Gasteiger partial charge in [0.2, 0.25) is 5.91 Å². The van der Waals surface area contributed by atoms with E-state index in [9.17, 15) is 9.59 Å². The van der Waals surface area contributed by atoms with Crippen LogP contribution in [0.4, 0.5) is 0 Å². The molecule has 1 heterocycles. The van der Waals surface area contributed by atoms with Gasteiger partial charge >= 0.3 is 0 Å². The predicted molar refractivity (Wildman–Crippen MR) is 165 cm³/mol. The van der Waals surface area contributed by atoms with E-state index in [2.05, 4.69) is 35.0 Å². The Balaban J connectivity index is 1.42. The van der Waals surface area contributed by atoms with Crippen LogP contribution in [-0.2, 0) is 16.0 Å². The molecule has 9 heteroatoms. The molecular weight excluding hydrogens is 571 g/mol. The molecule has 42 heavy (non-hydrogen) atoms. The Hall–Kier alpha value is -3.83. The molecule has 2 amide bonds. The maximum absolute atomic E-state index is 13.4. The monoisotopic (exact) mass is 604 g/mol. The van der Waals surface area contributed by atoms with Crippen LogP contribution in [-0.4, -0.2) is 31.4 Å². The summed E-state index contributed by atoms with van der Waals surface area (Å²) in [5.74, 6) is 0.290. The van der Waals surface area contributed by atoms with E-state index in [1.165, 1.54) is 0 Å². The number of rotatable bonds is 11. The molecule has 2 unspecified atom stereocenters. The van der Waals surface area contributed by atoms with Crippen molar-refractivity contribution in [1.29, 1.82) is 5.26 Å². The van der Waals surface area contributed by atoms with Gasteiger partial charge in [0.15, 0.2) is 0 Å². The molecule has 3 atom stereocenters. The summed E-state index contributed by atoms with van der Waals surface area (Å²) in [5.41, 5.74) is 3.76. The molecule has 0 aliphatic carbocycles. The molecule has 0 fully saturated rings. The molecule has 0 aromatic heterocycles. The third-order valence-corrected chi connectivity index (χ3v) is 7.85. The molecule has 0 radical (unpaired) electrons. The molecular formula is C33H34Cl2N4O3. The van der Waals surface area contributed by atoms with E-state index in [0.29, 0.717) is 34.1 Å². The van der Waals surface area contributed by atoms with E-state index < -0.39 is 6.04 Å². The van der Waals surface area contributed by atoms with E-state index in [0.717, 1.165) is 35.3 Å². The summed E-state index contributed by atoms with van der Waals surface area (Å²) in [6.45, 7) is 2.66. The zero-order valence-corrected chi connectivity index (χ0v) is 25.1. The lowest BCUT2D eigenvalue weighted by Crippen LogP contribution is -2.40.